The second-order valence-corrected chi connectivity index (χ2v) is 5.18. The van der Waals surface area contributed by atoms with Gasteiger partial charge >= 0.3 is 0 Å². The molecule has 0 unspecified atom stereocenters. The molecule has 0 fully saturated rings. The van der Waals surface area contributed by atoms with Crippen LogP contribution in [0.3, 0.4) is 0 Å². The van der Waals surface area contributed by atoms with Crippen molar-refractivity contribution < 1.29 is 0 Å². The van der Waals surface area contributed by atoms with E-state index in [0.717, 1.165) is 5.56 Å². The van der Waals surface area contributed by atoms with Crippen molar-refractivity contribution in [2.24, 2.45) is 7.05 Å². The number of hydrogen-bond acceptors (Lipinski definition) is 4. The molecule has 0 radical (unpaired) electrons. The summed E-state index contributed by atoms with van der Waals surface area (Å²) < 4.78 is 3.09. The zero-order valence-corrected chi connectivity index (χ0v) is 10.4. The number of halogens is 2. The predicted molar refractivity (Wildman–Crippen MR) is 63.9 cm³/mol. The van der Waals surface area contributed by atoms with Gasteiger partial charge in [-0.25, -0.2) is 0 Å². The SMILES string of the molecule is CNc1nnc(-c2cc(Cl)sc2Cl)n1C. The van der Waals surface area contributed by atoms with E-state index in [9.17, 15) is 0 Å². The van der Waals surface area contributed by atoms with Gasteiger partial charge in [-0.15, -0.1) is 21.5 Å². The van der Waals surface area contributed by atoms with Crippen LogP contribution in [0.25, 0.3) is 11.4 Å². The summed E-state index contributed by atoms with van der Waals surface area (Å²) in [6.45, 7) is 0. The van der Waals surface area contributed by atoms with Crippen LogP contribution in [-0.2, 0) is 7.05 Å². The average molecular weight is 263 g/mol. The molecule has 0 aliphatic rings. The lowest BCUT2D eigenvalue weighted by Gasteiger charge is -2.01. The highest BCUT2D eigenvalue weighted by atomic mass is 35.5. The molecule has 2 heterocycles. The molecule has 0 aromatic carbocycles. The van der Waals surface area contributed by atoms with Gasteiger partial charge < -0.3 is 5.32 Å². The molecule has 2 aromatic heterocycles. The maximum atomic E-state index is 6.04. The first kappa shape index (κ1) is 10.7. The molecular weight excluding hydrogens is 255 g/mol. The largest absolute Gasteiger partial charge is 0.357 e. The lowest BCUT2D eigenvalue weighted by molar-refractivity contribution is 0.926. The Morgan fingerprint density at radius 3 is 2.60 bits per heavy atom. The van der Waals surface area contributed by atoms with Crippen molar-refractivity contribution in [3.8, 4) is 11.4 Å². The maximum Gasteiger partial charge on any atom is 0.224 e. The molecule has 0 saturated carbocycles. The fourth-order valence-electron chi connectivity index (χ4n) is 1.27. The zero-order valence-electron chi connectivity index (χ0n) is 8.08. The molecule has 0 amide bonds. The molecule has 0 spiro atoms. The summed E-state index contributed by atoms with van der Waals surface area (Å²) in [4.78, 5) is 0. The Labute approximate surface area is 101 Å². The average Bonchev–Trinajstić information content (AvgIpc) is 2.69. The zero-order chi connectivity index (χ0) is 11.0. The standard InChI is InChI=1S/C8H8Cl2N4S/c1-11-8-13-12-7(14(8)2)4-3-5(9)15-6(4)10/h3H,1-2H3,(H,11,13). The maximum absolute atomic E-state index is 6.04. The van der Waals surface area contributed by atoms with E-state index >= 15 is 0 Å². The molecule has 4 nitrogen and oxygen atoms in total. The van der Waals surface area contributed by atoms with Gasteiger partial charge in [0.2, 0.25) is 5.95 Å². The molecule has 0 aliphatic heterocycles. The fourth-order valence-corrected chi connectivity index (χ4v) is 2.73. The third kappa shape index (κ3) is 1.82. The first-order valence-corrected chi connectivity index (χ1v) is 5.73. The number of nitrogens with zero attached hydrogens (tertiary/aromatic N) is 3. The molecule has 80 valence electrons. The van der Waals surface area contributed by atoms with Gasteiger partial charge in [0.05, 0.1) is 9.90 Å². The van der Waals surface area contributed by atoms with Crippen LogP contribution < -0.4 is 5.32 Å². The molecule has 0 atom stereocenters. The predicted octanol–water partition coefficient (Wildman–Crippen LogP) is 2.89. The Morgan fingerprint density at radius 2 is 2.13 bits per heavy atom. The molecule has 0 aliphatic carbocycles. The minimum atomic E-state index is 0.623. The van der Waals surface area contributed by atoms with Crippen LogP contribution in [-0.4, -0.2) is 21.8 Å². The Bertz CT molecular complexity index is 491. The van der Waals surface area contributed by atoms with Gasteiger partial charge in [-0.3, -0.25) is 4.57 Å². The number of hydrogen-bond donors (Lipinski definition) is 1. The first-order chi connectivity index (χ1) is 7.13. The number of anilines is 1. The van der Waals surface area contributed by atoms with E-state index in [1.807, 2.05) is 11.6 Å². The minimum Gasteiger partial charge on any atom is -0.357 e. The van der Waals surface area contributed by atoms with E-state index in [1.54, 1.807) is 13.1 Å². The molecular formula is C8H8Cl2N4S. The molecule has 0 saturated heterocycles. The topological polar surface area (TPSA) is 42.7 Å². The summed E-state index contributed by atoms with van der Waals surface area (Å²) in [6.07, 6.45) is 0. The highest BCUT2D eigenvalue weighted by Crippen LogP contribution is 2.37. The van der Waals surface area contributed by atoms with E-state index in [1.165, 1.54) is 11.3 Å². The van der Waals surface area contributed by atoms with Gasteiger partial charge in [0.25, 0.3) is 0 Å². The van der Waals surface area contributed by atoms with Crippen LogP contribution in [0.2, 0.25) is 8.67 Å². The van der Waals surface area contributed by atoms with Gasteiger partial charge in [0.1, 0.15) is 4.34 Å². The smallest absolute Gasteiger partial charge is 0.224 e. The van der Waals surface area contributed by atoms with Crippen LogP contribution in [0.4, 0.5) is 5.95 Å². The normalized spacial score (nSPS) is 10.7. The summed E-state index contributed by atoms with van der Waals surface area (Å²) >= 11 is 13.2. The monoisotopic (exact) mass is 262 g/mol. The second kappa shape index (κ2) is 4.00. The van der Waals surface area contributed by atoms with Crippen LogP contribution >= 0.6 is 34.5 Å². The van der Waals surface area contributed by atoms with Gasteiger partial charge in [0.15, 0.2) is 5.82 Å². The van der Waals surface area contributed by atoms with Crippen molar-refractivity contribution in [3.63, 3.8) is 0 Å². The lowest BCUT2D eigenvalue weighted by Crippen LogP contribution is -1.99. The molecule has 7 heteroatoms. The number of nitrogens with one attached hydrogen (secondary N) is 1. The third-order valence-corrected chi connectivity index (χ3v) is 3.48. The van der Waals surface area contributed by atoms with Gasteiger partial charge in [-0.05, 0) is 6.07 Å². The van der Waals surface area contributed by atoms with E-state index in [4.69, 9.17) is 23.2 Å². The number of aromatic nitrogens is 3. The summed E-state index contributed by atoms with van der Waals surface area (Å²) in [6, 6.07) is 1.79. The van der Waals surface area contributed by atoms with Gasteiger partial charge in [-0.1, -0.05) is 23.2 Å². The van der Waals surface area contributed by atoms with Crippen molar-refractivity contribution in [1.82, 2.24) is 14.8 Å². The summed E-state index contributed by atoms with van der Waals surface area (Å²) in [5, 5.41) is 10.9. The van der Waals surface area contributed by atoms with Crippen LogP contribution in [0, 0.1) is 0 Å². The van der Waals surface area contributed by atoms with Crippen molar-refractivity contribution in [2.75, 3.05) is 12.4 Å². The molecule has 1 N–H and O–H groups in total. The Balaban J connectivity index is 2.54. The number of rotatable bonds is 2. The van der Waals surface area contributed by atoms with E-state index < -0.39 is 0 Å². The van der Waals surface area contributed by atoms with Crippen molar-refractivity contribution in [3.05, 3.63) is 14.7 Å². The Hall–Kier alpha value is -0.780. The highest BCUT2D eigenvalue weighted by molar-refractivity contribution is 7.20. The second-order valence-electron chi connectivity index (χ2n) is 2.89. The Kier molecular flexibility index (Phi) is 2.86. The van der Waals surface area contributed by atoms with Crippen LogP contribution in [0.1, 0.15) is 0 Å². The summed E-state index contributed by atoms with van der Waals surface area (Å²) in [5.74, 6) is 1.39. The molecule has 2 rings (SSSR count). The van der Waals surface area contributed by atoms with Gasteiger partial charge in [0, 0.05) is 14.1 Å². The molecule has 2 aromatic rings. The quantitative estimate of drug-likeness (QED) is 0.905. The van der Waals surface area contributed by atoms with Crippen molar-refractivity contribution in [2.45, 2.75) is 0 Å². The van der Waals surface area contributed by atoms with E-state index in [-0.39, 0.29) is 0 Å². The van der Waals surface area contributed by atoms with Gasteiger partial charge in [-0.2, -0.15) is 0 Å². The Morgan fingerprint density at radius 1 is 1.40 bits per heavy atom. The lowest BCUT2D eigenvalue weighted by atomic mass is 10.3. The van der Waals surface area contributed by atoms with E-state index in [0.29, 0.717) is 20.4 Å². The third-order valence-electron chi connectivity index (χ3n) is 2.00. The van der Waals surface area contributed by atoms with Crippen LogP contribution in [0.5, 0.6) is 0 Å². The number of thiophene rings is 1. The van der Waals surface area contributed by atoms with Crippen molar-refractivity contribution in [1.29, 1.82) is 0 Å². The van der Waals surface area contributed by atoms with Crippen molar-refractivity contribution >= 4 is 40.5 Å². The summed E-state index contributed by atoms with van der Waals surface area (Å²) in [5.41, 5.74) is 0.808. The molecule has 0 bridgehead atoms. The fraction of sp³-hybridized carbons (Fsp3) is 0.250. The highest BCUT2D eigenvalue weighted by Gasteiger charge is 2.15. The molecule has 15 heavy (non-hydrogen) atoms. The minimum absolute atomic E-state index is 0.623. The van der Waals surface area contributed by atoms with Crippen LogP contribution in [0.15, 0.2) is 6.07 Å². The summed E-state index contributed by atoms with van der Waals surface area (Å²) in [7, 11) is 3.65. The first-order valence-electron chi connectivity index (χ1n) is 4.16. The van der Waals surface area contributed by atoms with E-state index in [2.05, 4.69) is 15.5 Å².